The van der Waals surface area contributed by atoms with Crippen molar-refractivity contribution in [2.24, 2.45) is 0 Å². The van der Waals surface area contributed by atoms with Gasteiger partial charge in [-0.2, -0.15) is 0 Å². The zero-order valence-corrected chi connectivity index (χ0v) is 12.3. The Kier molecular flexibility index (Phi) is 4.81. The number of hydrogen-bond donors (Lipinski definition) is 1. The molecule has 0 aliphatic rings. The number of benzene rings is 1. The Morgan fingerprint density at radius 2 is 1.95 bits per heavy atom. The van der Waals surface area contributed by atoms with E-state index in [-0.39, 0.29) is 24.2 Å². The molecule has 6 heteroatoms. The maximum absolute atomic E-state index is 11.7. The predicted octanol–water partition coefficient (Wildman–Crippen LogP) is 2.40. The average Bonchev–Trinajstić information content (AvgIpc) is 2.94. The summed E-state index contributed by atoms with van der Waals surface area (Å²) in [4.78, 5) is 15.8. The first kappa shape index (κ1) is 14.9. The summed E-state index contributed by atoms with van der Waals surface area (Å²) in [6.45, 7) is 3.92. The number of carbonyl (C=O) groups is 1. The molecule has 0 fully saturated rings. The molecule has 2 aromatic rings. The van der Waals surface area contributed by atoms with Gasteiger partial charge in [0.15, 0.2) is 12.3 Å². The Labute approximate surface area is 123 Å². The molecule has 1 heterocycles. The smallest absolute Gasteiger partial charge is 0.273 e. The molecule has 0 unspecified atom stereocenters. The van der Waals surface area contributed by atoms with Crippen molar-refractivity contribution < 1.29 is 18.7 Å². The van der Waals surface area contributed by atoms with E-state index >= 15 is 0 Å². The molecular formula is C15H18N2O4. The summed E-state index contributed by atoms with van der Waals surface area (Å²) in [6.07, 6.45) is 1.32. The second-order valence-electron chi connectivity index (χ2n) is 4.72. The number of carbonyl (C=O) groups excluding carboxylic acids is 1. The zero-order chi connectivity index (χ0) is 15.2. The van der Waals surface area contributed by atoms with Crippen molar-refractivity contribution in [3.05, 3.63) is 42.1 Å². The van der Waals surface area contributed by atoms with E-state index in [1.54, 1.807) is 31.4 Å². The van der Waals surface area contributed by atoms with Crippen LogP contribution in [0.2, 0.25) is 0 Å². The van der Waals surface area contributed by atoms with Crippen molar-refractivity contribution >= 4 is 5.91 Å². The van der Waals surface area contributed by atoms with Gasteiger partial charge in [-0.3, -0.25) is 4.79 Å². The molecule has 0 radical (unpaired) electrons. The lowest BCUT2D eigenvalue weighted by atomic mass is 10.3. The largest absolute Gasteiger partial charge is 0.497 e. The monoisotopic (exact) mass is 290 g/mol. The minimum atomic E-state index is -0.260. The highest BCUT2D eigenvalue weighted by molar-refractivity contribution is 5.92. The second kappa shape index (κ2) is 6.78. The fraction of sp³-hybridized carbons (Fsp3) is 0.333. The van der Waals surface area contributed by atoms with E-state index in [1.807, 2.05) is 13.8 Å². The van der Waals surface area contributed by atoms with E-state index in [0.29, 0.717) is 11.6 Å². The molecule has 6 nitrogen and oxygen atoms in total. The van der Waals surface area contributed by atoms with Gasteiger partial charge < -0.3 is 19.2 Å². The van der Waals surface area contributed by atoms with E-state index in [1.165, 1.54) is 6.26 Å². The molecule has 0 bridgehead atoms. The van der Waals surface area contributed by atoms with Crippen molar-refractivity contribution in [2.45, 2.75) is 26.5 Å². The Balaban J connectivity index is 1.91. The molecule has 0 aliphatic heterocycles. The summed E-state index contributed by atoms with van der Waals surface area (Å²) in [7, 11) is 1.60. The van der Waals surface area contributed by atoms with E-state index in [4.69, 9.17) is 13.9 Å². The molecule has 1 aromatic heterocycles. The Bertz CT molecular complexity index is 590. The van der Waals surface area contributed by atoms with E-state index in [9.17, 15) is 4.79 Å². The number of hydrogen-bond acceptors (Lipinski definition) is 5. The van der Waals surface area contributed by atoms with Gasteiger partial charge in [-0.05, 0) is 38.1 Å². The van der Waals surface area contributed by atoms with Crippen LogP contribution in [0.5, 0.6) is 11.5 Å². The van der Waals surface area contributed by atoms with E-state index < -0.39 is 0 Å². The van der Waals surface area contributed by atoms with Gasteiger partial charge in [-0.25, -0.2) is 4.98 Å². The lowest BCUT2D eigenvalue weighted by Crippen LogP contribution is -2.30. The third-order valence-electron chi connectivity index (χ3n) is 2.63. The van der Waals surface area contributed by atoms with Crippen LogP contribution in [0.1, 0.15) is 30.2 Å². The van der Waals surface area contributed by atoms with E-state index in [2.05, 4.69) is 10.3 Å². The fourth-order valence-electron chi connectivity index (χ4n) is 1.63. The van der Waals surface area contributed by atoms with Gasteiger partial charge in [0.1, 0.15) is 17.8 Å². The van der Waals surface area contributed by atoms with Crippen LogP contribution >= 0.6 is 0 Å². The highest BCUT2D eigenvalue weighted by atomic mass is 16.5. The summed E-state index contributed by atoms with van der Waals surface area (Å²) in [6, 6.07) is 7.22. The molecule has 0 spiro atoms. The Hall–Kier alpha value is -2.50. The van der Waals surface area contributed by atoms with E-state index in [0.717, 1.165) is 5.75 Å². The summed E-state index contributed by atoms with van der Waals surface area (Å²) in [5.74, 6) is 1.51. The first-order valence-electron chi connectivity index (χ1n) is 6.60. The third-order valence-corrected chi connectivity index (χ3v) is 2.63. The number of rotatable bonds is 6. The summed E-state index contributed by atoms with van der Waals surface area (Å²) >= 11 is 0. The van der Waals surface area contributed by atoms with Crippen LogP contribution in [0.3, 0.4) is 0 Å². The molecule has 0 saturated carbocycles. The lowest BCUT2D eigenvalue weighted by Gasteiger charge is -2.05. The first-order chi connectivity index (χ1) is 10.1. The molecular weight excluding hydrogens is 272 g/mol. The topological polar surface area (TPSA) is 73.6 Å². The fourth-order valence-corrected chi connectivity index (χ4v) is 1.63. The molecule has 0 aliphatic carbocycles. The average molecular weight is 290 g/mol. The van der Waals surface area contributed by atoms with Crippen molar-refractivity contribution in [3.8, 4) is 11.5 Å². The van der Waals surface area contributed by atoms with Crippen LogP contribution in [0, 0.1) is 0 Å². The van der Waals surface area contributed by atoms with Crippen LogP contribution in [-0.4, -0.2) is 24.0 Å². The van der Waals surface area contributed by atoms with Crippen LogP contribution in [0.25, 0.3) is 0 Å². The van der Waals surface area contributed by atoms with Crippen LogP contribution in [0.4, 0.5) is 0 Å². The van der Waals surface area contributed by atoms with Gasteiger partial charge in [-0.1, -0.05) is 0 Å². The normalized spacial score (nSPS) is 10.5. The Morgan fingerprint density at radius 1 is 1.29 bits per heavy atom. The van der Waals surface area contributed by atoms with Gasteiger partial charge in [0.05, 0.1) is 7.11 Å². The molecule has 21 heavy (non-hydrogen) atoms. The van der Waals surface area contributed by atoms with Gasteiger partial charge in [-0.15, -0.1) is 0 Å². The SMILES string of the molecule is COc1ccc(OCc2nc(C(=O)NC(C)C)co2)cc1. The number of oxazole rings is 1. The number of nitrogens with zero attached hydrogens (tertiary/aromatic N) is 1. The lowest BCUT2D eigenvalue weighted by molar-refractivity contribution is 0.0938. The maximum atomic E-state index is 11.7. The highest BCUT2D eigenvalue weighted by Gasteiger charge is 2.13. The molecule has 1 N–H and O–H groups in total. The minimum Gasteiger partial charge on any atom is -0.497 e. The van der Waals surface area contributed by atoms with Crippen molar-refractivity contribution in [1.82, 2.24) is 10.3 Å². The van der Waals surface area contributed by atoms with Gasteiger partial charge in [0, 0.05) is 6.04 Å². The molecule has 2 rings (SSSR count). The second-order valence-corrected chi connectivity index (χ2v) is 4.72. The predicted molar refractivity (Wildman–Crippen MR) is 76.4 cm³/mol. The summed E-state index contributed by atoms with van der Waals surface area (Å²) < 4.78 is 15.8. The maximum Gasteiger partial charge on any atom is 0.273 e. The number of ether oxygens (including phenoxy) is 2. The molecule has 1 amide bonds. The quantitative estimate of drug-likeness (QED) is 0.884. The number of aromatic nitrogens is 1. The van der Waals surface area contributed by atoms with Crippen molar-refractivity contribution in [2.75, 3.05) is 7.11 Å². The van der Waals surface area contributed by atoms with Gasteiger partial charge >= 0.3 is 0 Å². The van der Waals surface area contributed by atoms with Crippen LogP contribution < -0.4 is 14.8 Å². The highest BCUT2D eigenvalue weighted by Crippen LogP contribution is 2.18. The number of methoxy groups -OCH3 is 1. The molecule has 112 valence electrons. The summed E-state index contributed by atoms with van der Waals surface area (Å²) in [5, 5.41) is 2.74. The minimum absolute atomic E-state index is 0.0493. The molecule has 0 saturated heterocycles. The zero-order valence-electron chi connectivity index (χ0n) is 12.3. The van der Waals surface area contributed by atoms with Gasteiger partial charge in [0.25, 0.3) is 5.91 Å². The number of amides is 1. The molecule has 0 atom stereocenters. The van der Waals surface area contributed by atoms with Crippen molar-refractivity contribution in [3.63, 3.8) is 0 Å². The standard InChI is InChI=1S/C15H18N2O4/c1-10(2)16-15(18)13-8-21-14(17-13)9-20-12-6-4-11(19-3)5-7-12/h4-8,10H,9H2,1-3H3,(H,16,18). The number of nitrogens with one attached hydrogen (secondary N) is 1. The third kappa shape index (κ3) is 4.24. The van der Waals surface area contributed by atoms with Crippen molar-refractivity contribution in [1.29, 1.82) is 0 Å². The first-order valence-corrected chi connectivity index (χ1v) is 6.60. The Morgan fingerprint density at radius 3 is 2.57 bits per heavy atom. The van der Waals surface area contributed by atoms with Crippen LogP contribution in [-0.2, 0) is 6.61 Å². The molecule has 1 aromatic carbocycles. The van der Waals surface area contributed by atoms with Gasteiger partial charge in [0.2, 0.25) is 5.89 Å². The summed E-state index contributed by atoms with van der Waals surface area (Å²) in [5.41, 5.74) is 0.247. The van der Waals surface area contributed by atoms with Crippen LogP contribution in [0.15, 0.2) is 34.9 Å².